The van der Waals surface area contributed by atoms with Gasteiger partial charge in [-0.05, 0) is 36.4 Å². The molecule has 0 aliphatic rings. The van der Waals surface area contributed by atoms with Gasteiger partial charge >= 0.3 is 6.18 Å². The molecule has 108 valence electrons. The van der Waals surface area contributed by atoms with Crippen molar-refractivity contribution in [3.63, 3.8) is 0 Å². The molecule has 1 unspecified atom stereocenters. The van der Waals surface area contributed by atoms with Crippen LogP contribution in [0.25, 0.3) is 0 Å². The molecule has 0 aliphatic carbocycles. The fourth-order valence-electron chi connectivity index (χ4n) is 2.04. The summed E-state index contributed by atoms with van der Waals surface area (Å²) in [4.78, 5) is 1.23. The maximum atomic E-state index is 12.9. The van der Waals surface area contributed by atoms with Crippen LogP contribution in [0.1, 0.15) is 22.9 Å². The Balaban J connectivity index is 1.97. The van der Waals surface area contributed by atoms with Crippen LogP contribution in [-0.4, -0.2) is 6.04 Å². The predicted molar refractivity (Wildman–Crippen MR) is 75.8 cm³/mol. The maximum Gasteiger partial charge on any atom is 0.416 e. The molecule has 0 radical (unpaired) electrons. The van der Waals surface area contributed by atoms with Crippen LogP contribution < -0.4 is 5.32 Å². The fourth-order valence-corrected chi connectivity index (χ4v) is 2.87. The Morgan fingerprint density at radius 2 is 1.90 bits per heavy atom. The summed E-state index contributed by atoms with van der Waals surface area (Å²) >= 11 is 1.66. The van der Waals surface area contributed by atoms with E-state index in [0.29, 0.717) is 0 Å². The van der Waals surface area contributed by atoms with Crippen molar-refractivity contribution in [2.45, 2.75) is 32.1 Å². The van der Waals surface area contributed by atoms with Gasteiger partial charge in [0.2, 0.25) is 0 Å². The highest BCUT2D eigenvalue weighted by Gasteiger charge is 2.32. The Bertz CT molecular complexity index is 534. The average molecular weight is 299 g/mol. The second-order valence-electron chi connectivity index (χ2n) is 4.72. The molecule has 1 aromatic heterocycles. The number of benzene rings is 1. The number of hydrogen-bond donors (Lipinski definition) is 1. The van der Waals surface area contributed by atoms with E-state index in [2.05, 4.69) is 5.32 Å². The van der Waals surface area contributed by atoms with Crippen molar-refractivity contribution < 1.29 is 13.2 Å². The summed E-state index contributed by atoms with van der Waals surface area (Å²) in [6.45, 7) is 2.21. The van der Waals surface area contributed by atoms with E-state index in [1.807, 2.05) is 24.4 Å². The molecule has 1 aromatic carbocycles. The van der Waals surface area contributed by atoms with Crippen LogP contribution in [0, 0.1) is 0 Å². The van der Waals surface area contributed by atoms with Gasteiger partial charge in [-0.15, -0.1) is 11.3 Å². The smallest absolute Gasteiger partial charge is 0.310 e. The van der Waals surface area contributed by atoms with Gasteiger partial charge < -0.3 is 5.32 Å². The van der Waals surface area contributed by atoms with Crippen LogP contribution in [0.2, 0.25) is 0 Å². The van der Waals surface area contributed by atoms with Gasteiger partial charge in [-0.2, -0.15) is 13.2 Å². The number of alkyl halides is 3. The Morgan fingerprint density at radius 1 is 1.15 bits per heavy atom. The lowest BCUT2D eigenvalue weighted by Gasteiger charge is -2.16. The SMILES string of the molecule is CC(Cc1cccs1)NCc1ccccc1C(F)(F)F. The minimum Gasteiger partial charge on any atom is -0.310 e. The quantitative estimate of drug-likeness (QED) is 0.858. The summed E-state index contributed by atoms with van der Waals surface area (Å²) in [7, 11) is 0. The van der Waals surface area contributed by atoms with Crippen molar-refractivity contribution >= 4 is 11.3 Å². The van der Waals surface area contributed by atoms with Crippen LogP contribution in [0.15, 0.2) is 41.8 Å². The Hall–Kier alpha value is -1.33. The number of nitrogens with one attached hydrogen (secondary N) is 1. The van der Waals surface area contributed by atoms with Gasteiger partial charge in [0, 0.05) is 17.5 Å². The molecule has 5 heteroatoms. The molecule has 0 saturated heterocycles. The normalized spacial score (nSPS) is 13.4. The molecule has 2 rings (SSSR count). The van der Waals surface area contributed by atoms with E-state index in [0.717, 1.165) is 12.5 Å². The van der Waals surface area contributed by atoms with E-state index >= 15 is 0 Å². The van der Waals surface area contributed by atoms with Crippen molar-refractivity contribution in [2.24, 2.45) is 0 Å². The summed E-state index contributed by atoms with van der Waals surface area (Å²) in [5.41, 5.74) is -0.270. The first-order valence-corrected chi connectivity index (χ1v) is 7.25. The zero-order valence-corrected chi connectivity index (χ0v) is 11.9. The summed E-state index contributed by atoms with van der Waals surface area (Å²) in [6, 6.07) is 9.85. The molecule has 0 spiro atoms. The minimum atomic E-state index is -4.30. The van der Waals surface area contributed by atoms with Crippen LogP contribution in [-0.2, 0) is 19.1 Å². The van der Waals surface area contributed by atoms with Crippen LogP contribution >= 0.6 is 11.3 Å². The van der Waals surface area contributed by atoms with Crippen molar-refractivity contribution in [1.82, 2.24) is 5.32 Å². The molecule has 2 aromatic rings. The largest absolute Gasteiger partial charge is 0.416 e. The van der Waals surface area contributed by atoms with Gasteiger partial charge in [0.25, 0.3) is 0 Å². The Kier molecular flexibility index (Phi) is 4.83. The van der Waals surface area contributed by atoms with Gasteiger partial charge in [-0.3, -0.25) is 0 Å². The summed E-state index contributed by atoms with van der Waals surface area (Å²) < 4.78 is 38.6. The second kappa shape index (κ2) is 6.41. The third kappa shape index (κ3) is 4.08. The number of halogens is 3. The van der Waals surface area contributed by atoms with Crippen LogP contribution in [0.5, 0.6) is 0 Å². The van der Waals surface area contributed by atoms with Crippen molar-refractivity contribution in [1.29, 1.82) is 0 Å². The van der Waals surface area contributed by atoms with Crippen molar-refractivity contribution in [3.8, 4) is 0 Å². The Morgan fingerprint density at radius 3 is 2.55 bits per heavy atom. The number of thiophene rings is 1. The van der Waals surface area contributed by atoms with Crippen LogP contribution in [0.4, 0.5) is 13.2 Å². The standard InChI is InChI=1S/C15H16F3NS/c1-11(9-13-6-4-8-20-13)19-10-12-5-2-3-7-14(12)15(16,17)18/h2-8,11,19H,9-10H2,1H3. The first kappa shape index (κ1) is 15.1. The second-order valence-corrected chi connectivity index (χ2v) is 5.75. The van der Waals surface area contributed by atoms with Gasteiger partial charge in [-0.25, -0.2) is 0 Å². The molecule has 0 amide bonds. The van der Waals surface area contributed by atoms with Gasteiger partial charge in [-0.1, -0.05) is 24.3 Å². The van der Waals surface area contributed by atoms with Crippen molar-refractivity contribution in [3.05, 3.63) is 57.8 Å². The monoisotopic (exact) mass is 299 g/mol. The number of hydrogen-bond acceptors (Lipinski definition) is 2. The third-order valence-electron chi connectivity index (χ3n) is 3.05. The zero-order valence-electron chi connectivity index (χ0n) is 11.1. The zero-order chi connectivity index (χ0) is 14.6. The number of rotatable bonds is 5. The lowest BCUT2D eigenvalue weighted by atomic mass is 10.1. The third-order valence-corrected chi connectivity index (χ3v) is 3.95. The van der Waals surface area contributed by atoms with Gasteiger partial charge in [0.05, 0.1) is 5.56 Å². The molecule has 0 fully saturated rings. The molecule has 1 nitrogen and oxygen atoms in total. The molecule has 20 heavy (non-hydrogen) atoms. The molecule has 0 aliphatic heterocycles. The highest BCUT2D eigenvalue weighted by molar-refractivity contribution is 7.09. The topological polar surface area (TPSA) is 12.0 Å². The van der Waals surface area contributed by atoms with E-state index in [-0.39, 0.29) is 18.2 Å². The van der Waals surface area contributed by atoms with E-state index in [4.69, 9.17) is 0 Å². The first-order chi connectivity index (χ1) is 9.47. The Labute approximate surface area is 120 Å². The van der Waals surface area contributed by atoms with Crippen LogP contribution in [0.3, 0.4) is 0 Å². The molecule has 1 N–H and O–H groups in total. The van der Waals surface area contributed by atoms with E-state index in [1.54, 1.807) is 17.4 Å². The average Bonchev–Trinajstić information content (AvgIpc) is 2.88. The van der Waals surface area contributed by atoms with Gasteiger partial charge in [0.15, 0.2) is 0 Å². The summed E-state index contributed by atoms with van der Waals surface area (Å²) in [5, 5.41) is 5.16. The molecule has 1 atom stereocenters. The molecule has 0 saturated carbocycles. The minimum absolute atomic E-state index is 0.134. The molecular formula is C15H16F3NS. The predicted octanol–water partition coefficient (Wildman–Crippen LogP) is 4.49. The van der Waals surface area contributed by atoms with E-state index in [1.165, 1.54) is 17.0 Å². The lowest BCUT2D eigenvalue weighted by Crippen LogP contribution is -2.28. The summed E-state index contributed by atoms with van der Waals surface area (Å²) in [5.74, 6) is 0. The van der Waals surface area contributed by atoms with E-state index in [9.17, 15) is 13.2 Å². The fraction of sp³-hybridized carbons (Fsp3) is 0.333. The maximum absolute atomic E-state index is 12.9. The lowest BCUT2D eigenvalue weighted by molar-refractivity contribution is -0.138. The highest BCUT2D eigenvalue weighted by Crippen LogP contribution is 2.31. The van der Waals surface area contributed by atoms with E-state index < -0.39 is 11.7 Å². The molecule has 0 bridgehead atoms. The highest BCUT2D eigenvalue weighted by atomic mass is 32.1. The molecular weight excluding hydrogens is 283 g/mol. The summed E-state index contributed by atoms with van der Waals surface area (Å²) in [6.07, 6.45) is -3.47. The molecule has 1 heterocycles. The first-order valence-electron chi connectivity index (χ1n) is 6.37. The van der Waals surface area contributed by atoms with Crippen molar-refractivity contribution in [2.75, 3.05) is 0 Å². The van der Waals surface area contributed by atoms with Gasteiger partial charge in [0.1, 0.15) is 0 Å².